The van der Waals surface area contributed by atoms with Crippen molar-refractivity contribution in [3.05, 3.63) is 34.4 Å². The van der Waals surface area contributed by atoms with Crippen molar-refractivity contribution in [1.29, 1.82) is 0 Å². The number of hydrogen-bond donors (Lipinski definition) is 1. The third-order valence-electron chi connectivity index (χ3n) is 2.87. The molecule has 1 fully saturated rings. The molecule has 2 rings (SSSR count). The molecule has 1 aliphatic carbocycles. The van der Waals surface area contributed by atoms with E-state index in [1.165, 1.54) is 31.4 Å². The Morgan fingerprint density at radius 2 is 2.06 bits per heavy atom. The van der Waals surface area contributed by atoms with E-state index in [4.69, 9.17) is 0 Å². The van der Waals surface area contributed by atoms with Gasteiger partial charge in [0.1, 0.15) is 0 Å². The Labute approximate surface area is 94.8 Å². The van der Waals surface area contributed by atoms with Crippen molar-refractivity contribution in [1.82, 2.24) is 0 Å². The minimum Gasteiger partial charge on any atom is -0.383 e. The number of nitro groups is 1. The molecule has 0 aromatic heterocycles. The van der Waals surface area contributed by atoms with Crippen LogP contribution < -0.4 is 5.32 Å². The van der Waals surface area contributed by atoms with Gasteiger partial charge in [-0.2, -0.15) is 0 Å². The molecule has 0 heterocycles. The van der Waals surface area contributed by atoms with Gasteiger partial charge in [-0.15, -0.1) is 0 Å². The second-order valence-corrected chi connectivity index (χ2v) is 4.53. The zero-order valence-corrected chi connectivity index (χ0v) is 9.35. The molecule has 4 nitrogen and oxygen atoms in total. The van der Waals surface area contributed by atoms with E-state index >= 15 is 0 Å². The minimum atomic E-state index is -0.378. The van der Waals surface area contributed by atoms with Crippen molar-refractivity contribution < 1.29 is 4.92 Å². The first kappa shape index (κ1) is 10.9. The van der Waals surface area contributed by atoms with Gasteiger partial charge in [-0.1, -0.05) is 12.8 Å². The van der Waals surface area contributed by atoms with E-state index in [9.17, 15) is 10.1 Å². The van der Waals surface area contributed by atoms with Gasteiger partial charge in [-0.25, -0.2) is 0 Å². The molecule has 1 atom stereocenters. The maximum Gasteiger partial charge on any atom is 0.269 e. The maximum absolute atomic E-state index is 10.5. The Kier molecular flexibility index (Phi) is 3.08. The fourth-order valence-electron chi connectivity index (χ4n) is 1.88. The second-order valence-electron chi connectivity index (χ2n) is 4.53. The van der Waals surface area contributed by atoms with Gasteiger partial charge in [-0.05, 0) is 31.4 Å². The Hall–Kier alpha value is -1.58. The molecular weight excluding hydrogens is 204 g/mol. The Balaban J connectivity index is 1.90. The van der Waals surface area contributed by atoms with Gasteiger partial charge in [-0.3, -0.25) is 10.1 Å². The van der Waals surface area contributed by atoms with Gasteiger partial charge in [0.25, 0.3) is 5.69 Å². The van der Waals surface area contributed by atoms with E-state index < -0.39 is 0 Å². The van der Waals surface area contributed by atoms with Crippen LogP contribution in [0.2, 0.25) is 0 Å². The van der Waals surface area contributed by atoms with E-state index in [1.807, 2.05) is 0 Å². The molecule has 1 saturated carbocycles. The summed E-state index contributed by atoms with van der Waals surface area (Å²) in [5, 5.41) is 13.8. The second kappa shape index (κ2) is 4.51. The summed E-state index contributed by atoms with van der Waals surface area (Å²) < 4.78 is 0. The van der Waals surface area contributed by atoms with E-state index in [1.54, 1.807) is 12.1 Å². The minimum absolute atomic E-state index is 0.139. The number of nitrogens with one attached hydrogen (secondary N) is 1. The third-order valence-corrected chi connectivity index (χ3v) is 2.87. The Morgan fingerprint density at radius 3 is 2.56 bits per heavy atom. The first-order valence-electron chi connectivity index (χ1n) is 5.66. The van der Waals surface area contributed by atoms with Crippen LogP contribution >= 0.6 is 0 Å². The van der Waals surface area contributed by atoms with E-state index in [0.29, 0.717) is 6.04 Å². The van der Waals surface area contributed by atoms with E-state index in [-0.39, 0.29) is 10.6 Å². The molecule has 0 aliphatic heterocycles. The predicted octanol–water partition coefficient (Wildman–Crippen LogP) is 3.20. The van der Waals surface area contributed by atoms with E-state index in [2.05, 4.69) is 12.2 Å². The molecule has 1 aliphatic rings. The first-order valence-corrected chi connectivity index (χ1v) is 5.66. The molecular formula is C12H16N2O2. The lowest BCUT2D eigenvalue weighted by molar-refractivity contribution is -0.384. The average molecular weight is 220 g/mol. The van der Waals surface area contributed by atoms with Crippen molar-refractivity contribution in [3.8, 4) is 0 Å². The molecule has 1 aromatic carbocycles. The average Bonchev–Trinajstić information content (AvgIpc) is 3.02. The summed E-state index contributed by atoms with van der Waals surface area (Å²) in [7, 11) is 0. The Bertz CT molecular complexity index is 371. The van der Waals surface area contributed by atoms with Crippen LogP contribution in [0.3, 0.4) is 0 Å². The van der Waals surface area contributed by atoms with Crippen LogP contribution in [0, 0.1) is 16.0 Å². The number of rotatable bonds is 5. The van der Waals surface area contributed by atoms with Crippen LogP contribution in [0.15, 0.2) is 24.3 Å². The lowest BCUT2D eigenvalue weighted by Crippen LogP contribution is -2.15. The molecule has 0 radical (unpaired) electrons. The largest absolute Gasteiger partial charge is 0.383 e. The predicted molar refractivity (Wildman–Crippen MR) is 63.5 cm³/mol. The molecule has 1 unspecified atom stereocenters. The zero-order chi connectivity index (χ0) is 11.5. The molecule has 86 valence electrons. The molecule has 4 heteroatoms. The number of nitrogens with zero attached hydrogens (tertiary/aromatic N) is 1. The summed E-state index contributed by atoms with van der Waals surface area (Å²) in [5.41, 5.74) is 1.10. The highest BCUT2D eigenvalue weighted by Gasteiger charge is 2.23. The normalized spacial score (nSPS) is 16.8. The van der Waals surface area contributed by atoms with Crippen molar-refractivity contribution in [2.45, 2.75) is 32.2 Å². The van der Waals surface area contributed by atoms with Crippen LogP contribution in [-0.4, -0.2) is 11.0 Å². The SMILES string of the molecule is CC(CC1CC1)Nc1ccc([N+](=O)[O-])cc1. The molecule has 1 aromatic rings. The summed E-state index contributed by atoms with van der Waals surface area (Å²) >= 11 is 0. The summed E-state index contributed by atoms with van der Waals surface area (Å²) in [6.45, 7) is 2.15. The molecule has 0 spiro atoms. The van der Waals surface area contributed by atoms with Crippen LogP contribution in [-0.2, 0) is 0 Å². The molecule has 1 N–H and O–H groups in total. The van der Waals surface area contributed by atoms with Gasteiger partial charge in [0.2, 0.25) is 0 Å². The highest BCUT2D eigenvalue weighted by atomic mass is 16.6. The first-order chi connectivity index (χ1) is 7.65. The van der Waals surface area contributed by atoms with Crippen molar-refractivity contribution in [2.75, 3.05) is 5.32 Å². The zero-order valence-electron chi connectivity index (χ0n) is 9.35. The van der Waals surface area contributed by atoms with Crippen molar-refractivity contribution >= 4 is 11.4 Å². The summed E-state index contributed by atoms with van der Waals surface area (Å²) in [6, 6.07) is 7.04. The summed E-state index contributed by atoms with van der Waals surface area (Å²) in [6.07, 6.45) is 3.90. The number of nitro benzene ring substituents is 1. The quantitative estimate of drug-likeness (QED) is 0.612. The number of anilines is 1. The number of hydrogen-bond acceptors (Lipinski definition) is 3. The fourth-order valence-corrected chi connectivity index (χ4v) is 1.88. The van der Waals surface area contributed by atoms with Gasteiger partial charge < -0.3 is 5.32 Å². The standard InChI is InChI=1S/C12H16N2O2/c1-9(8-10-2-3-10)13-11-4-6-12(7-5-11)14(15)16/h4-7,9-10,13H,2-3,8H2,1H3. The molecule has 0 bridgehead atoms. The van der Waals surface area contributed by atoms with Gasteiger partial charge in [0.15, 0.2) is 0 Å². The highest BCUT2D eigenvalue weighted by molar-refractivity contribution is 5.48. The van der Waals surface area contributed by atoms with Crippen LogP contribution in [0.1, 0.15) is 26.2 Å². The summed E-state index contributed by atoms with van der Waals surface area (Å²) in [5.74, 6) is 0.889. The molecule has 16 heavy (non-hydrogen) atoms. The third kappa shape index (κ3) is 2.95. The van der Waals surface area contributed by atoms with Crippen LogP contribution in [0.4, 0.5) is 11.4 Å². The van der Waals surface area contributed by atoms with Crippen molar-refractivity contribution in [2.24, 2.45) is 5.92 Å². The number of benzene rings is 1. The fraction of sp³-hybridized carbons (Fsp3) is 0.500. The molecule has 0 amide bonds. The molecule has 0 saturated heterocycles. The Morgan fingerprint density at radius 1 is 1.44 bits per heavy atom. The van der Waals surface area contributed by atoms with Crippen LogP contribution in [0.25, 0.3) is 0 Å². The lowest BCUT2D eigenvalue weighted by atomic mass is 10.1. The van der Waals surface area contributed by atoms with Gasteiger partial charge in [0.05, 0.1) is 4.92 Å². The highest BCUT2D eigenvalue weighted by Crippen LogP contribution is 2.34. The lowest BCUT2D eigenvalue weighted by Gasteiger charge is -2.14. The van der Waals surface area contributed by atoms with Crippen LogP contribution in [0.5, 0.6) is 0 Å². The smallest absolute Gasteiger partial charge is 0.269 e. The maximum atomic E-state index is 10.5. The summed E-state index contributed by atoms with van der Waals surface area (Å²) in [4.78, 5) is 10.1. The topological polar surface area (TPSA) is 55.2 Å². The van der Waals surface area contributed by atoms with Gasteiger partial charge in [0, 0.05) is 23.9 Å². The van der Waals surface area contributed by atoms with E-state index in [0.717, 1.165) is 11.6 Å². The monoisotopic (exact) mass is 220 g/mol. The number of non-ortho nitro benzene ring substituents is 1. The van der Waals surface area contributed by atoms with Gasteiger partial charge >= 0.3 is 0 Å². The van der Waals surface area contributed by atoms with Crippen molar-refractivity contribution in [3.63, 3.8) is 0 Å².